The van der Waals surface area contributed by atoms with Gasteiger partial charge in [-0.15, -0.1) is 0 Å². The normalized spacial score (nSPS) is 12.0. The maximum atomic E-state index is 14.5. The minimum absolute atomic E-state index is 0.0344. The molecule has 0 aliphatic carbocycles. The zero-order valence-corrected chi connectivity index (χ0v) is 14.3. The van der Waals surface area contributed by atoms with E-state index in [9.17, 15) is 39.5 Å². The first-order chi connectivity index (χ1) is 12.4. The van der Waals surface area contributed by atoms with Crippen LogP contribution in [0.5, 0.6) is 0 Å². The summed E-state index contributed by atoms with van der Waals surface area (Å²) >= 11 is 0. The summed E-state index contributed by atoms with van der Waals surface area (Å²) in [5, 5.41) is -1.49. The molecule has 0 bridgehead atoms. The predicted octanol–water partition coefficient (Wildman–Crippen LogP) is 5.25. The quantitative estimate of drug-likeness (QED) is 0.286. The summed E-state index contributed by atoms with van der Waals surface area (Å²) in [6, 6.07) is 0. The Morgan fingerprint density at radius 1 is 0.519 bits per heavy atom. The molecule has 0 N–H and O–H groups in total. The van der Waals surface area contributed by atoms with Crippen LogP contribution in [0.25, 0.3) is 11.1 Å². The van der Waals surface area contributed by atoms with Crippen LogP contribution in [0.15, 0.2) is 0 Å². The molecule has 0 amide bonds. The van der Waals surface area contributed by atoms with Crippen LogP contribution >= 0.6 is 0 Å². The minimum Gasteiger partial charge on any atom is -0.203 e. The molecule has 0 aromatic heterocycles. The molecule has 0 heterocycles. The molecule has 0 saturated heterocycles. The summed E-state index contributed by atoms with van der Waals surface area (Å²) in [5.74, 6) is -21.2. The van der Waals surface area contributed by atoms with E-state index in [1.54, 1.807) is 0 Å². The second-order valence-corrected chi connectivity index (χ2v) is 6.22. The van der Waals surface area contributed by atoms with Gasteiger partial charge in [-0.1, -0.05) is 26.7 Å². The largest absolute Gasteiger partial charge is 0.203 e. The second kappa shape index (κ2) is 7.12. The molecular weight excluding hydrogens is 386 g/mol. The van der Waals surface area contributed by atoms with Crippen LogP contribution in [0.2, 0.25) is 0 Å². The first-order valence-corrected chi connectivity index (χ1v) is 7.82. The Kier molecular flexibility index (Phi) is 5.59. The van der Waals surface area contributed by atoms with Gasteiger partial charge in [-0.3, -0.25) is 0 Å². The number of hydrogen-bond acceptors (Lipinski definition) is 0. The van der Waals surface area contributed by atoms with Gasteiger partial charge in [0.15, 0.2) is 46.5 Å². The van der Waals surface area contributed by atoms with Gasteiger partial charge in [0, 0.05) is 11.1 Å². The lowest BCUT2D eigenvalue weighted by atomic mass is 9.59. The first kappa shape index (κ1) is 21.2. The fourth-order valence-corrected chi connectivity index (χ4v) is 2.86. The molecule has 0 unspecified atom stereocenters. The Bertz CT molecular complexity index is 891. The van der Waals surface area contributed by atoms with Crippen molar-refractivity contribution in [2.24, 2.45) is 0 Å². The Balaban J connectivity index is 3.17. The highest BCUT2D eigenvalue weighted by Gasteiger charge is 2.39. The third-order valence-corrected chi connectivity index (χ3v) is 4.89. The highest BCUT2D eigenvalue weighted by atomic mass is 19.2. The van der Waals surface area contributed by atoms with Crippen LogP contribution in [0, 0.1) is 52.4 Å². The molecule has 0 nitrogen and oxygen atoms in total. The van der Waals surface area contributed by atoms with Crippen molar-refractivity contribution in [3.63, 3.8) is 0 Å². The lowest BCUT2D eigenvalue weighted by molar-refractivity contribution is 0.376. The van der Waals surface area contributed by atoms with Gasteiger partial charge in [0.1, 0.15) is 7.85 Å². The molecule has 2 aromatic carbocycles. The van der Waals surface area contributed by atoms with Gasteiger partial charge in [-0.25, -0.2) is 39.5 Å². The molecule has 27 heavy (non-hydrogen) atoms. The van der Waals surface area contributed by atoms with Crippen molar-refractivity contribution in [1.29, 1.82) is 0 Å². The molecule has 0 spiro atoms. The van der Waals surface area contributed by atoms with Crippen molar-refractivity contribution in [2.45, 2.75) is 32.0 Å². The van der Waals surface area contributed by atoms with E-state index in [0.717, 1.165) is 0 Å². The highest BCUT2D eigenvalue weighted by Crippen LogP contribution is 2.44. The molecule has 10 heteroatoms. The molecule has 2 rings (SSSR count). The molecule has 2 aromatic rings. The monoisotopic (exact) mass is 398 g/mol. The maximum absolute atomic E-state index is 14.5. The van der Waals surface area contributed by atoms with Gasteiger partial charge >= 0.3 is 0 Å². The Labute approximate surface area is 149 Å². The highest BCUT2D eigenvalue weighted by molar-refractivity contribution is 6.16. The van der Waals surface area contributed by atoms with E-state index in [1.807, 2.05) is 0 Å². The summed E-state index contributed by atoms with van der Waals surface area (Å²) in [4.78, 5) is 0. The van der Waals surface area contributed by atoms with Crippen molar-refractivity contribution in [3.05, 3.63) is 57.9 Å². The fraction of sp³-hybridized carbons (Fsp3) is 0.294. The summed E-state index contributed by atoms with van der Waals surface area (Å²) in [5.41, 5.74) is -4.40. The topological polar surface area (TPSA) is 0 Å². The van der Waals surface area contributed by atoms with Crippen molar-refractivity contribution in [3.8, 4) is 11.1 Å². The van der Waals surface area contributed by atoms with Gasteiger partial charge < -0.3 is 0 Å². The fourth-order valence-electron chi connectivity index (χ4n) is 2.86. The van der Waals surface area contributed by atoms with Gasteiger partial charge in [0.25, 0.3) is 0 Å². The van der Waals surface area contributed by atoms with Crippen molar-refractivity contribution >= 4 is 7.85 Å². The van der Waals surface area contributed by atoms with E-state index in [4.69, 9.17) is 0 Å². The third kappa shape index (κ3) is 2.98. The van der Waals surface area contributed by atoms with E-state index >= 15 is 0 Å². The summed E-state index contributed by atoms with van der Waals surface area (Å²) in [7, 11) is 1.26. The predicted molar refractivity (Wildman–Crippen MR) is 82.3 cm³/mol. The van der Waals surface area contributed by atoms with E-state index in [-0.39, 0.29) is 12.8 Å². The van der Waals surface area contributed by atoms with Crippen LogP contribution in [0.1, 0.15) is 32.3 Å². The Morgan fingerprint density at radius 2 is 0.815 bits per heavy atom. The van der Waals surface area contributed by atoms with Gasteiger partial charge in [-0.2, -0.15) is 0 Å². The molecule has 0 fully saturated rings. The van der Waals surface area contributed by atoms with Crippen LogP contribution in [-0.2, 0) is 5.31 Å². The number of hydrogen-bond donors (Lipinski definition) is 0. The SMILES string of the molecule is BC(CC)(CC)c1c(F)c(F)c(F)c(F)c1-c1c(F)c(F)c(F)c(F)c1F. The van der Waals surface area contributed by atoms with E-state index in [2.05, 4.69) is 0 Å². The minimum atomic E-state index is -2.52. The smallest absolute Gasteiger partial charge is 0.200 e. The van der Waals surface area contributed by atoms with Crippen LogP contribution < -0.4 is 0 Å². The molecule has 0 radical (unpaired) electrons. The zero-order chi connectivity index (χ0) is 20.8. The van der Waals surface area contributed by atoms with Crippen LogP contribution in [0.4, 0.5) is 39.5 Å². The first-order valence-electron chi connectivity index (χ1n) is 7.82. The summed E-state index contributed by atoms with van der Waals surface area (Å²) in [6.07, 6.45) is -0.0688. The Morgan fingerprint density at radius 3 is 1.19 bits per heavy atom. The Hall–Kier alpha value is -2.13. The van der Waals surface area contributed by atoms with Gasteiger partial charge in [0.05, 0.1) is 5.56 Å². The lowest BCUT2D eigenvalue weighted by Crippen LogP contribution is -2.29. The zero-order valence-electron chi connectivity index (χ0n) is 14.3. The maximum Gasteiger partial charge on any atom is 0.200 e. The summed E-state index contributed by atoms with van der Waals surface area (Å²) < 4.78 is 125. The van der Waals surface area contributed by atoms with Gasteiger partial charge in [-0.05, 0) is 5.31 Å². The van der Waals surface area contributed by atoms with E-state index in [1.165, 1.54) is 21.7 Å². The molecule has 0 aliphatic heterocycles. The molecule has 146 valence electrons. The van der Waals surface area contributed by atoms with Crippen molar-refractivity contribution in [1.82, 2.24) is 0 Å². The van der Waals surface area contributed by atoms with Crippen molar-refractivity contribution in [2.75, 3.05) is 0 Å². The third-order valence-electron chi connectivity index (χ3n) is 4.89. The average Bonchev–Trinajstić information content (AvgIpc) is 2.66. The standard InChI is InChI=1S/C17H12BF9/c1-3-17(18,4-2)7-5(8(19)12(23)15(26)11(7)22)6-9(20)13(24)16(27)14(25)10(6)21/h3-4,18H2,1-2H3. The number of benzene rings is 2. The second-order valence-electron chi connectivity index (χ2n) is 6.22. The number of halogens is 9. The molecular formula is C17H12BF9. The van der Waals surface area contributed by atoms with Crippen LogP contribution in [0.3, 0.4) is 0 Å². The van der Waals surface area contributed by atoms with Crippen LogP contribution in [-0.4, -0.2) is 7.85 Å². The molecule has 0 saturated carbocycles. The lowest BCUT2D eigenvalue weighted by Gasteiger charge is -2.31. The van der Waals surface area contributed by atoms with E-state index in [0.29, 0.717) is 0 Å². The average molecular weight is 398 g/mol. The van der Waals surface area contributed by atoms with Gasteiger partial charge in [0.2, 0.25) is 5.82 Å². The van der Waals surface area contributed by atoms with E-state index < -0.39 is 74.4 Å². The number of rotatable bonds is 4. The molecule has 0 aliphatic rings. The molecule has 0 atom stereocenters. The summed E-state index contributed by atoms with van der Waals surface area (Å²) in [6.45, 7) is 2.90. The van der Waals surface area contributed by atoms with Crippen molar-refractivity contribution < 1.29 is 39.5 Å².